The Morgan fingerprint density at radius 2 is 1.55 bits per heavy atom. The minimum absolute atomic E-state index is 0.0320. The number of amides is 2. The molecule has 0 saturated carbocycles. The summed E-state index contributed by atoms with van der Waals surface area (Å²) in [6, 6.07) is 16.9. The molecule has 3 rings (SSSR count). The van der Waals surface area contributed by atoms with Crippen LogP contribution in [0.25, 0.3) is 0 Å². The molecule has 2 amide bonds. The number of aromatic nitrogens is 1. The first kappa shape index (κ1) is 22.0. The van der Waals surface area contributed by atoms with Crippen molar-refractivity contribution in [1.29, 1.82) is 0 Å². The van der Waals surface area contributed by atoms with E-state index in [1.54, 1.807) is 54.6 Å². The smallest absolute Gasteiger partial charge is 0.255 e. The van der Waals surface area contributed by atoms with Crippen LogP contribution in [0.3, 0.4) is 0 Å². The molecule has 0 aliphatic carbocycles. The molecule has 0 saturated heterocycles. The number of pyridine rings is 1. The number of anilines is 2. The molecule has 0 aliphatic heterocycles. The lowest BCUT2D eigenvalue weighted by Crippen LogP contribution is -2.28. The highest BCUT2D eigenvalue weighted by molar-refractivity contribution is 7.99. The third kappa shape index (κ3) is 5.67. The van der Waals surface area contributed by atoms with Crippen LogP contribution in [-0.2, 0) is 4.79 Å². The summed E-state index contributed by atoms with van der Waals surface area (Å²) in [6.07, 6.45) is 1.37. The number of carbonyl (C=O) groups is 2. The van der Waals surface area contributed by atoms with Crippen LogP contribution in [0.15, 0.2) is 71.9 Å². The Kier molecular flexibility index (Phi) is 7.34. The zero-order valence-corrected chi connectivity index (χ0v) is 17.8. The molecule has 3 aromatic rings. The maximum absolute atomic E-state index is 12.5. The number of rotatable bonds is 8. The van der Waals surface area contributed by atoms with Crippen LogP contribution in [0.4, 0.5) is 11.4 Å². The fourth-order valence-corrected chi connectivity index (χ4v) is 3.44. The highest BCUT2D eigenvalue weighted by Crippen LogP contribution is 2.36. The lowest BCUT2D eigenvalue weighted by molar-refractivity contribution is -0.645. The van der Waals surface area contributed by atoms with E-state index in [2.05, 4.69) is 10.6 Å². The molecule has 0 fully saturated rings. The average molecular weight is 439 g/mol. The average Bonchev–Trinajstić information content (AvgIpc) is 2.79. The number of nitrogens with one attached hydrogen (secondary N) is 2. The number of carbonyl (C=O) groups excluding carboxylic acids is 2. The third-order valence-corrected chi connectivity index (χ3v) is 5.24. The Hall–Kier alpha value is -3.72. The minimum atomic E-state index is -0.324. The standard InChI is InChI=1S/C22H21N3O5S/c1-29-18-13-17(24-22(27)15-8-4-3-5-9-15)19(30-2)12-16(18)23-20(26)14-31-21-10-6-7-11-25(21)28/h3-13H,14H2,1-2H3,(H,23,26)(H,24,27). The SMILES string of the molecule is COc1cc(NC(=O)c2ccccc2)c(OC)cc1NC(=O)CSc1cccc[n+]1[O-]. The topological polar surface area (TPSA) is 104 Å². The quantitative estimate of drug-likeness (QED) is 0.317. The molecule has 31 heavy (non-hydrogen) atoms. The Balaban J connectivity index is 1.74. The Bertz CT molecular complexity index is 1080. The monoisotopic (exact) mass is 439 g/mol. The Morgan fingerprint density at radius 1 is 0.935 bits per heavy atom. The van der Waals surface area contributed by atoms with Gasteiger partial charge >= 0.3 is 0 Å². The fraction of sp³-hybridized carbons (Fsp3) is 0.136. The van der Waals surface area contributed by atoms with Crippen LogP contribution in [-0.4, -0.2) is 31.8 Å². The van der Waals surface area contributed by atoms with Crippen molar-refractivity contribution in [2.75, 3.05) is 30.6 Å². The molecule has 0 unspecified atom stereocenters. The van der Waals surface area contributed by atoms with Gasteiger partial charge in [-0.2, -0.15) is 4.73 Å². The largest absolute Gasteiger partial charge is 0.618 e. The van der Waals surface area contributed by atoms with E-state index in [-0.39, 0.29) is 17.6 Å². The number of hydrogen-bond donors (Lipinski definition) is 2. The highest BCUT2D eigenvalue weighted by atomic mass is 32.2. The molecule has 0 atom stereocenters. The molecule has 0 radical (unpaired) electrons. The first-order valence-electron chi connectivity index (χ1n) is 9.25. The summed E-state index contributed by atoms with van der Waals surface area (Å²) in [4.78, 5) is 24.9. The van der Waals surface area contributed by atoms with Crippen molar-refractivity contribution >= 4 is 35.0 Å². The summed E-state index contributed by atoms with van der Waals surface area (Å²) in [5.41, 5.74) is 1.28. The normalized spacial score (nSPS) is 10.3. The zero-order valence-electron chi connectivity index (χ0n) is 17.0. The van der Waals surface area contributed by atoms with Gasteiger partial charge in [-0.25, -0.2) is 0 Å². The van der Waals surface area contributed by atoms with Crippen molar-refractivity contribution < 1.29 is 23.8 Å². The van der Waals surface area contributed by atoms with Crippen LogP contribution in [0, 0.1) is 5.21 Å². The molecule has 0 spiro atoms. The van der Waals surface area contributed by atoms with E-state index in [1.165, 1.54) is 20.4 Å². The fourth-order valence-electron chi connectivity index (χ4n) is 2.73. The summed E-state index contributed by atoms with van der Waals surface area (Å²) in [5.74, 6) is 0.109. The molecule has 2 aromatic carbocycles. The molecule has 2 N–H and O–H groups in total. The van der Waals surface area contributed by atoms with Crippen LogP contribution >= 0.6 is 11.8 Å². The van der Waals surface area contributed by atoms with E-state index in [0.29, 0.717) is 38.2 Å². The molecular weight excluding hydrogens is 418 g/mol. The number of methoxy groups -OCH3 is 2. The van der Waals surface area contributed by atoms with E-state index in [9.17, 15) is 14.8 Å². The van der Waals surface area contributed by atoms with E-state index in [0.717, 1.165) is 11.8 Å². The minimum Gasteiger partial charge on any atom is -0.618 e. The summed E-state index contributed by atoms with van der Waals surface area (Å²) >= 11 is 1.12. The summed E-state index contributed by atoms with van der Waals surface area (Å²) in [5, 5.41) is 17.6. The molecular formula is C22H21N3O5S. The molecule has 1 heterocycles. The summed E-state index contributed by atoms with van der Waals surface area (Å²) < 4.78 is 11.5. The number of nitrogens with zero attached hydrogens (tertiary/aromatic N) is 1. The van der Waals surface area contributed by atoms with Crippen molar-refractivity contribution in [3.05, 3.63) is 77.6 Å². The number of ether oxygens (including phenoxy) is 2. The van der Waals surface area contributed by atoms with Crippen molar-refractivity contribution in [2.24, 2.45) is 0 Å². The molecule has 9 heteroatoms. The van der Waals surface area contributed by atoms with Gasteiger partial charge in [-0.1, -0.05) is 18.2 Å². The van der Waals surface area contributed by atoms with Gasteiger partial charge in [0.2, 0.25) is 5.91 Å². The molecule has 0 bridgehead atoms. The zero-order chi connectivity index (χ0) is 22.2. The second-order valence-electron chi connectivity index (χ2n) is 6.27. The molecule has 1 aromatic heterocycles. The van der Waals surface area contributed by atoms with Gasteiger partial charge in [-0.05, 0) is 30.0 Å². The predicted molar refractivity (Wildman–Crippen MR) is 119 cm³/mol. The maximum atomic E-state index is 12.5. The van der Waals surface area contributed by atoms with E-state index >= 15 is 0 Å². The molecule has 8 nitrogen and oxygen atoms in total. The van der Waals surface area contributed by atoms with Gasteiger partial charge in [0.15, 0.2) is 6.20 Å². The van der Waals surface area contributed by atoms with Gasteiger partial charge in [-0.3, -0.25) is 9.59 Å². The lowest BCUT2D eigenvalue weighted by atomic mass is 10.2. The second-order valence-corrected chi connectivity index (χ2v) is 7.27. The van der Waals surface area contributed by atoms with Gasteiger partial charge in [0, 0.05) is 29.8 Å². The van der Waals surface area contributed by atoms with Crippen LogP contribution in [0.1, 0.15) is 10.4 Å². The van der Waals surface area contributed by atoms with Gasteiger partial charge in [0.25, 0.3) is 10.9 Å². The van der Waals surface area contributed by atoms with Crippen molar-refractivity contribution in [2.45, 2.75) is 5.03 Å². The lowest BCUT2D eigenvalue weighted by Gasteiger charge is -2.16. The van der Waals surface area contributed by atoms with Crippen molar-refractivity contribution in [3.63, 3.8) is 0 Å². The van der Waals surface area contributed by atoms with Gasteiger partial charge < -0.3 is 25.3 Å². The van der Waals surface area contributed by atoms with E-state index in [1.807, 2.05) is 6.07 Å². The predicted octanol–water partition coefficient (Wildman–Crippen LogP) is 3.32. The van der Waals surface area contributed by atoms with Crippen molar-refractivity contribution in [3.8, 4) is 11.5 Å². The number of thioether (sulfide) groups is 1. The van der Waals surface area contributed by atoms with Gasteiger partial charge in [0.05, 0.1) is 31.3 Å². The highest BCUT2D eigenvalue weighted by Gasteiger charge is 2.17. The van der Waals surface area contributed by atoms with Gasteiger partial charge in [0.1, 0.15) is 11.5 Å². The van der Waals surface area contributed by atoms with Gasteiger partial charge in [-0.15, -0.1) is 0 Å². The third-order valence-electron chi connectivity index (χ3n) is 4.22. The first-order chi connectivity index (χ1) is 15.0. The molecule has 160 valence electrons. The Morgan fingerprint density at radius 3 is 2.16 bits per heavy atom. The van der Waals surface area contributed by atoms with Crippen LogP contribution in [0.2, 0.25) is 0 Å². The second kappa shape index (κ2) is 10.4. The van der Waals surface area contributed by atoms with Crippen LogP contribution in [0.5, 0.6) is 11.5 Å². The summed E-state index contributed by atoms with van der Waals surface area (Å²) in [6.45, 7) is 0. The van der Waals surface area contributed by atoms with E-state index in [4.69, 9.17) is 9.47 Å². The summed E-state index contributed by atoms with van der Waals surface area (Å²) in [7, 11) is 2.92. The first-order valence-corrected chi connectivity index (χ1v) is 10.2. The number of benzene rings is 2. The van der Waals surface area contributed by atoms with E-state index < -0.39 is 0 Å². The maximum Gasteiger partial charge on any atom is 0.255 e. The van der Waals surface area contributed by atoms with Crippen LogP contribution < -0.4 is 24.8 Å². The molecule has 0 aliphatic rings. The van der Waals surface area contributed by atoms with Crippen molar-refractivity contribution in [1.82, 2.24) is 0 Å². The number of hydrogen-bond acceptors (Lipinski definition) is 6. The Labute approximate surface area is 183 Å².